The van der Waals surface area contributed by atoms with Gasteiger partial charge in [-0.3, -0.25) is 9.89 Å². The molecule has 1 aromatic rings. The number of amides is 1. The number of hydrogen-bond donors (Lipinski definition) is 3. The molecule has 1 heterocycles. The summed E-state index contributed by atoms with van der Waals surface area (Å²) in [4.78, 5) is 11.6. The van der Waals surface area contributed by atoms with Crippen LogP contribution in [0.1, 0.15) is 45.2 Å². The molecule has 0 bridgehead atoms. The zero-order valence-electron chi connectivity index (χ0n) is 10.8. The van der Waals surface area contributed by atoms with Crippen LogP contribution in [-0.2, 0) is 4.79 Å². The smallest absolute Gasteiger partial charge is 0.220 e. The van der Waals surface area contributed by atoms with Gasteiger partial charge in [0.05, 0.1) is 12.2 Å². The van der Waals surface area contributed by atoms with Gasteiger partial charge in [-0.1, -0.05) is 13.8 Å². The summed E-state index contributed by atoms with van der Waals surface area (Å²) >= 11 is 0. The molecule has 0 aliphatic heterocycles. The van der Waals surface area contributed by atoms with E-state index in [9.17, 15) is 4.79 Å². The van der Waals surface area contributed by atoms with Crippen LogP contribution in [0.5, 0.6) is 0 Å². The summed E-state index contributed by atoms with van der Waals surface area (Å²) in [6.45, 7) is 7.03. The predicted molar refractivity (Wildman–Crippen MR) is 67.5 cm³/mol. The van der Waals surface area contributed by atoms with Crippen LogP contribution in [0.2, 0.25) is 0 Å². The van der Waals surface area contributed by atoms with Gasteiger partial charge in [-0.2, -0.15) is 5.10 Å². The quantitative estimate of drug-likeness (QED) is 0.628. The van der Waals surface area contributed by atoms with E-state index in [1.165, 1.54) is 0 Å². The number of carbonyl (C=O) groups excluding carboxylic acids is 1. The van der Waals surface area contributed by atoms with Gasteiger partial charge >= 0.3 is 0 Å². The summed E-state index contributed by atoms with van der Waals surface area (Å²) in [5, 5.41) is 12.8. The van der Waals surface area contributed by atoms with E-state index in [0.717, 1.165) is 18.5 Å². The van der Waals surface area contributed by atoms with Gasteiger partial charge in [-0.25, -0.2) is 0 Å². The average Bonchev–Trinajstić information content (AvgIpc) is 2.77. The Balaban J connectivity index is 2.17. The Labute approximate surface area is 102 Å². The first-order valence-corrected chi connectivity index (χ1v) is 6.11. The number of H-pyrrole nitrogens is 1. The van der Waals surface area contributed by atoms with Crippen molar-refractivity contribution in [3.05, 3.63) is 18.0 Å². The molecule has 0 aromatic carbocycles. The van der Waals surface area contributed by atoms with Gasteiger partial charge in [0.15, 0.2) is 0 Å². The lowest BCUT2D eigenvalue weighted by Crippen LogP contribution is -2.28. The summed E-state index contributed by atoms with van der Waals surface area (Å²) in [5.74, 6) is 0.0873. The monoisotopic (exact) mass is 238 g/mol. The van der Waals surface area contributed by atoms with Gasteiger partial charge in [-0.15, -0.1) is 0 Å². The highest BCUT2D eigenvalue weighted by molar-refractivity contribution is 5.76. The number of nitrogens with zero attached hydrogens (tertiary/aromatic N) is 1. The van der Waals surface area contributed by atoms with Gasteiger partial charge in [0, 0.05) is 24.2 Å². The van der Waals surface area contributed by atoms with Crippen molar-refractivity contribution >= 4 is 5.91 Å². The van der Waals surface area contributed by atoms with Crippen molar-refractivity contribution in [3.8, 4) is 0 Å². The fourth-order valence-corrected chi connectivity index (χ4v) is 1.53. The Hall–Kier alpha value is -1.36. The molecule has 0 fully saturated rings. The molecule has 5 heteroatoms. The molecule has 0 saturated heterocycles. The van der Waals surface area contributed by atoms with Crippen LogP contribution >= 0.6 is 0 Å². The van der Waals surface area contributed by atoms with Crippen LogP contribution in [0.15, 0.2) is 12.4 Å². The molecule has 0 saturated carbocycles. The van der Waals surface area contributed by atoms with E-state index in [0.29, 0.717) is 12.5 Å². The standard InChI is InChI=1S/C12H22N4O/c1-9(2)13-6-4-5-12(17)16-10(3)11-7-14-15-8-11/h7-10,13H,4-6H2,1-3H3,(H,14,15)(H,16,17). The number of hydrogen-bond acceptors (Lipinski definition) is 3. The molecule has 0 radical (unpaired) electrons. The molecule has 0 aliphatic rings. The second kappa shape index (κ2) is 7.06. The molecule has 0 aliphatic carbocycles. The molecule has 0 spiro atoms. The lowest BCUT2D eigenvalue weighted by molar-refractivity contribution is -0.121. The summed E-state index contributed by atoms with van der Waals surface area (Å²) in [6, 6.07) is 0.488. The molecule has 1 aromatic heterocycles. The average molecular weight is 238 g/mol. The first-order chi connectivity index (χ1) is 8.09. The van der Waals surface area contributed by atoms with Gasteiger partial charge in [0.25, 0.3) is 0 Å². The number of rotatable bonds is 7. The summed E-state index contributed by atoms with van der Waals surface area (Å²) < 4.78 is 0. The van der Waals surface area contributed by atoms with Gasteiger partial charge in [0.1, 0.15) is 0 Å². The molecule has 3 N–H and O–H groups in total. The van der Waals surface area contributed by atoms with E-state index in [4.69, 9.17) is 0 Å². The summed E-state index contributed by atoms with van der Waals surface area (Å²) in [7, 11) is 0. The van der Waals surface area contributed by atoms with Crippen molar-refractivity contribution in [3.63, 3.8) is 0 Å². The minimum Gasteiger partial charge on any atom is -0.349 e. The molecule has 1 rings (SSSR count). The lowest BCUT2D eigenvalue weighted by Gasteiger charge is -2.12. The molecule has 5 nitrogen and oxygen atoms in total. The second-order valence-electron chi connectivity index (χ2n) is 4.53. The molecule has 1 amide bonds. The fourth-order valence-electron chi connectivity index (χ4n) is 1.53. The van der Waals surface area contributed by atoms with Crippen molar-refractivity contribution in [2.75, 3.05) is 6.54 Å². The molecule has 1 unspecified atom stereocenters. The van der Waals surface area contributed by atoms with Crippen molar-refractivity contribution in [2.24, 2.45) is 0 Å². The Kier molecular flexibility index (Phi) is 5.69. The van der Waals surface area contributed by atoms with Crippen LogP contribution in [0.25, 0.3) is 0 Å². The third-order valence-corrected chi connectivity index (χ3v) is 2.53. The Morgan fingerprint density at radius 1 is 1.47 bits per heavy atom. The third kappa shape index (κ3) is 5.49. The maximum atomic E-state index is 11.6. The molecule has 1 atom stereocenters. The number of nitrogens with one attached hydrogen (secondary N) is 3. The largest absolute Gasteiger partial charge is 0.349 e. The van der Waals surface area contributed by atoms with Crippen LogP contribution in [0.4, 0.5) is 0 Å². The van der Waals surface area contributed by atoms with Crippen molar-refractivity contribution < 1.29 is 4.79 Å². The Morgan fingerprint density at radius 2 is 2.24 bits per heavy atom. The second-order valence-corrected chi connectivity index (χ2v) is 4.53. The van der Waals surface area contributed by atoms with E-state index < -0.39 is 0 Å². The van der Waals surface area contributed by atoms with E-state index in [1.807, 2.05) is 6.92 Å². The normalized spacial score (nSPS) is 12.7. The minimum absolute atomic E-state index is 0.0132. The SMILES string of the molecule is CC(C)NCCCC(=O)NC(C)c1cn[nH]c1. The minimum atomic E-state index is 0.0132. The third-order valence-electron chi connectivity index (χ3n) is 2.53. The van der Waals surface area contributed by atoms with Crippen LogP contribution in [0.3, 0.4) is 0 Å². The van der Waals surface area contributed by atoms with Gasteiger partial charge in [0.2, 0.25) is 5.91 Å². The molecule has 17 heavy (non-hydrogen) atoms. The zero-order chi connectivity index (χ0) is 12.7. The van der Waals surface area contributed by atoms with Crippen molar-refractivity contribution in [1.29, 1.82) is 0 Å². The van der Waals surface area contributed by atoms with Crippen molar-refractivity contribution in [2.45, 2.75) is 45.7 Å². The lowest BCUT2D eigenvalue weighted by atomic mass is 10.2. The summed E-state index contributed by atoms with van der Waals surface area (Å²) in [5.41, 5.74) is 0.999. The van der Waals surface area contributed by atoms with E-state index in [-0.39, 0.29) is 11.9 Å². The number of aromatic amines is 1. The van der Waals surface area contributed by atoms with E-state index >= 15 is 0 Å². The predicted octanol–water partition coefficient (Wildman–Crippen LogP) is 1.37. The maximum Gasteiger partial charge on any atom is 0.220 e. The van der Waals surface area contributed by atoms with Crippen molar-refractivity contribution in [1.82, 2.24) is 20.8 Å². The van der Waals surface area contributed by atoms with Crippen LogP contribution < -0.4 is 10.6 Å². The highest BCUT2D eigenvalue weighted by atomic mass is 16.1. The van der Waals surface area contributed by atoms with Gasteiger partial charge < -0.3 is 10.6 Å². The highest BCUT2D eigenvalue weighted by Gasteiger charge is 2.09. The summed E-state index contributed by atoms with van der Waals surface area (Å²) in [6.07, 6.45) is 4.95. The van der Waals surface area contributed by atoms with E-state index in [1.54, 1.807) is 12.4 Å². The highest BCUT2D eigenvalue weighted by Crippen LogP contribution is 2.09. The van der Waals surface area contributed by atoms with Crippen LogP contribution in [0, 0.1) is 0 Å². The molecule has 96 valence electrons. The number of carbonyl (C=O) groups is 1. The first-order valence-electron chi connectivity index (χ1n) is 6.11. The maximum absolute atomic E-state index is 11.6. The van der Waals surface area contributed by atoms with E-state index in [2.05, 4.69) is 34.7 Å². The molecular weight excluding hydrogens is 216 g/mol. The first kappa shape index (κ1) is 13.7. The zero-order valence-corrected chi connectivity index (χ0v) is 10.8. The number of aromatic nitrogens is 2. The topological polar surface area (TPSA) is 69.8 Å². The fraction of sp³-hybridized carbons (Fsp3) is 0.667. The Morgan fingerprint density at radius 3 is 2.82 bits per heavy atom. The molecular formula is C12H22N4O. The Bertz CT molecular complexity index is 321. The van der Waals surface area contributed by atoms with Crippen LogP contribution in [-0.4, -0.2) is 28.7 Å². The van der Waals surface area contributed by atoms with Gasteiger partial charge in [-0.05, 0) is 19.9 Å².